The molecule has 174 valence electrons. The van der Waals surface area contributed by atoms with Gasteiger partial charge < -0.3 is 20.5 Å². The van der Waals surface area contributed by atoms with Crippen LogP contribution in [0.3, 0.4) is 0 Å². The van der Waals surface area contributed by atoms with Crippen molar-refractivity contribution < 1.29 is 19.4 Å². The number of fused-ring (bicyclic) bond motifs is 1. The lowest BCUT2D eigenvalue weighted by molar-refractivity contribution is -0.142. The summed E-state index contributed by atoms with van der Waals surface area (Å²) in [4.78, 5) is 24.6. The third-order valence-corrected chi connectivity index (χ3v) is 6.06. The van der Waals surface area contributed by atoms with E-state index in [0.29, 0.717) is 6.54 Å². The Morgan fingerprint density at radius 1 is 1.03 bits per heavy atom. The minimum absolute atomic E-state index is 0.0109. The van der Waals surface area contributed by atoms with Crippen molar-refractivity contribution in [1.82, 2.24) is 4.90 Å². The molecule has 4 rings (SSSR count). The van der Waals surface area contributed by atoms with E-state index < -0.39 is 18.0 Å². The van der Waals surface area contributed by atoms with Gasteiger partial charge in [0.2, 0.25) is 0 Å². The monoisotopic (exact) mass is 448 g/mol. The molecule has 3 aromatic rings. The summed E-state index contributed by atoms with van der Waals surface area (Å²) in [6, 6.07) is 24.1. The van der Waals surface area contributed by atoms with Gasteiger partial charge in [-0.25, -0.2) is 4.79 Å². The predicted molar refractivity (Wildman–Crippen MR) is 130 cm³/mol. The van der Waals surface area contributed by atoms with E-state index in [-0.39, 0.29) is 25.1 Å². The Balaban J connectivity index is 0.000000203. The Hall–Kier alpha value is -3.38. The molecule has 1 aliphatic heterocycles. The molecular weight excluding hydrogens is 416 g/mol. The number of nitrogens with zero attached hydrogens (tertiary/aromatic N) is 1. The molecule has 1 aliphatic rings. The number of ether oxygens (including phenoxy) is 1. The second kappa shape index (κ2) is 11.5. The number of carbonyl (C=O) groups is 2. The van der Waals surface area contributed by atoms with E-state index in [1.54, 1.807) is 0 Å². The maximum absolute atomic E-state index is 12.0. The first-order valence-corrected chi connectivity index (χ1v) is 11.3. The van der Waals surface area contributed by atoms with Crippen LogP contribution in [0, 0.1) is 11.8 Å². The van der Waals surface area contributed by atoms with E-state index in [1.807, 2.05) is 56.3 Å². The van der Waals surface area contributed by atoms with Crippen LogP contribution in [0.1, 0.15) is 37.4 Å². The lowest BCUT2D eigenvalue weighted by Crippen LogP contribution is -2.30. The number of hydrogen-bond acceptors (Lipinski definition) is 4. The summed E-state index contributed by atoms with van der Waals surface area (Å²) in [5.74, 6) is -1.31. The molecule has 6 nitrogen and oxygen atoms in total. The number of rotatable bonds is 5. The molecule has 1 heterocycles. The van der Waals surface area contributed by atoms with Gasteiger partial charge in [0, 0.05) is 19.1 Å². The highest BCUT2D eigenvalue weighted by atomic mass is 16.6. The first-order chi connectivity index (χ1) is 15.9. The zero-order valence-electron chi connectivity index (χ0n) is 19.2. The van der Waals surface area contributed by atoms with Crippen LogP contribution in [-0.2, 0) is 16.1 Å². The SMILES string of the molecule is CC[C@@H]1CN(C(=O)OCc2ccccc2)CC1C(=O)O.C[C@@H](N)c1cccc2ccccc12. The van der Waals surface area contributed by atoms with E-state index in [0.717, 1.165) is 12.0 Å². The Labute approximate surface area is 195 Å². The lowest BCUT2D eigenvalue weighted by atomic mass is 9.94. The highest BCUT2D eigenvalue weighted by Crippen LogP contribution is 2.27. The minimum atomic E-state index is -0.838. The van der Waals surface area contributed by atoms with Crippen LogP contribution in [0.2, 0.25) is 0 Å². The normalized spacial score (nSPS) is 18.3. The van der Waals surface area contributed by atoms with Crippen LogP contribution in [0.4, 0.5) is 4.79 Å². The molecule has 0 aromatic heterocycles. The summed E-state index contributed by atoms with van der Waals surface area (Å²) in [6.45, 7) is 4.87. The van der Waals surface area contributed by atoms with Crippen molar-refractivity contribution in [3.05, 3.63) is 83.9 Å². The van der Waals surface area contributed by atoms with Crippen LogP contribution in [0.15, 0.2) is 72.8 Å². The van der Waals surface area contributed by atoms with E-state index in [1.165, 1.54) is 21.2 Å². The molecule has 1 amide bonds. The number of carboxylic acid groups (broad SMARTS) is 1. The van der Waals surface area contributed by atoms with Gasteiger partial charge in [-0.3, -0.25) is 4.79 Å². The summed E-state index contributed by atoms with van der Waals surface area (Å²) in [6.07, 6.45) is 0.315. The van der Waals surface area contributed by atoms with Crippen molar-refractivity contribution in [3.63, 3.8) is 0 Å². The third-order valence-electron chi connectivity index (χ3n) is 6.06. The van der Waals surface area contributed by atoms with Crippen LogP contribution in [-0.4, -0.2) is 35.2 Å². The maximum atomic E-state index is 12.0. The van der Waals surface area contributed by atoms with Gasteiger partial charge in [0.1, 0.15) is 6.61 Å². The molecular formula is C27H32N2O4. The molecule has 1 saturated heterocycles. The van der Waals surface area contributed by atoms with Crippen molar-refractivity contribution in [1.29, 1.82) is 0 Å². The zero-order chi connectivity index (χ0) is 23.8. The van der Waals surface area contributed by atoms with Crippen LogP contribution >= 0.6 is 0 Å². The first-order valence-electron chi connectivity index (χ1n) is 11.3. The van der Waals surface area contributed by atoms with E-state index in [2.05, 4.69) is 30.3 Å². The summed E-state index contributed by atoms with van der Waals surface area (Å²) >= 11 is 0. The van der Waals surface area contributed by atoms with E-state index >= 15 is 0 Å². The number of hydrogen-bond donors (Lipinski definition) is 2. The number of nitrogens with two attached hydrogens (primary N) is 1. The minimum Gasteiger partial charge on any atom is -0.481 e. The van der Waals surface area contributed by atoms with Gasteiger partial charge in [0.15, 0.2) is 0 Å². The molecule has 0 saturated carbocycles. The molecule has 6 heteroatoms. The molecule has 1 unspecified atom stereocenters. The second-order valence-corrected chi connectivity index (χ2v) is 8.42. The van der Waals surface area contributed by atoms with Crippen LogP contribution in [0.25, 0.3) is 10.8 Å². The van der Waals surface area contributed by atoms with Crippen LogP contribution in [0.5, 0.6) is 0 Å². The molecule has 33 heavy (non-hydrogen) atoms. The fraction of sp³-hybridized carbons (Fsp3) is 0.333. The van der Waals surface area contributed by atoms with Gasteiger partial charge in [-0.05, 0) is 34.7 Å². The number of aliphatic carboxylic acids is 1. The summed E-state index contributed by atoms with van der Waals surface area (Å²) in [5, 5.41) is 11.7. The molecule has 3 N–H and O–H groups in total. The van der Waals surface area contributed by atoms with Gasteiger partial charge in [0.25, 0.3) is 0 Å². The van der Waals surface area contributed by atoms with Gasteiger partial charge in [-0.2, -0.15) is 0 Å². The van der Waals surface area contributed by atoms with Crippen molar-refractivity contribution in [2.75, 3.05) is 13.1 Å². The highest BCUT2D eigenvalue weighted by molar-refractivity contribution is 5.86. The Morgan fingerprint density at radius 3 is 2.33 bits per heavy atom. The average Bonchev–Trinajstić information content (AvgIpc) is 3.28. The molecule has 3 aromatic carbocycles. The Morgan fingerprint density at radius 2 is 1.70 bits per heavy atom. The van der Waals surface area contributed by atoms with Crippen molar-refractivity contribution in [2.24, 2.45) is 17.6 Å². The molecule has 0 bridgehead atoms. The van der Waals surface area contributed by atoms with Gasteiger partial charge in [-0.1, -0.05) is 86.1 Å². The van der Waals surface area contributed by atoms with Crippen molar-refractivity contribution in [2.45, 2.75) is 32.9 Å². The third kappa shape index (κ3) is 6.33. The van der Waals surface area contributed by atoms with Crippen molar-refractivity contribution in [3.8, 4) is 0 Å². The van der Waals surface area contributed by atoms with Gasteiger partial charge >= 0.3 is 12.1 Å². The fourth-order valence-electron chi connectivity index (χ4n) is 4.17. The van der Waals surface area contributed by atoms with Gasteiger partial charge in [0.05, 0.1) is 5.92 Å². The predicted octanol–water partition coefficient (Wildman–Crippen LogP) is 5.23. The standard InChI is InChI=1S/C15H19NO4.C12H13N/c1-2-12-8-16(9-13(12)14(17)18)15(19)20-10-11-6-4-3-5-7-11;1-9(13)11-8-4-6-10-5-2-3-7-12(10)11/h3-7,12-13H,2,8-10H2,1H3,(H,17,18);2-9H,13H2,1H3/t12-,13?;9-/m11/s1. The number of benzene rings is 3. The average molecular weight is 449 g/mol. The zero-order valence-corrected chi connectivity index (χ0v) is 19.2. The molecule has 1 fully saturated rings. The summed E-state index contributed by atoms with van der Waals surface area (Å²) < 4.78 is 5.23. The quantitative estimate of drug-likeness (QED) is 0.558. The molecule has 3 atom stereocenters. The number of amides is 1. The Bertz CT molecular complexity index is 1060. The highest BCUT2D eigenvalue weighted by Gasteiger charge is 2.39. The topological polar surface area (TPSA) is 92.9 Å². The van der Waals surface area contributed by atoms with Gasteiger partial charge in [-0.15, -0.1) is 0 Å². The molecule has 0 aliphatic carbocycles. The summed E-state index contributed by atoms with van der Waals surface area (Å²) in [7, 11) is 0. The number of likely N-dealkylation sites (tertiary alicyclic amines) is 1. The second-order valence-electron chi connectivity index (χ2n) is 8.42. The van der Waals surface area contributed by atoms with Crippen molar-refractivity contribution >= 4 is 22.8 Å². The molecule has 0 radical (unpaired) electrons. The largest absolute Gasteiger partial charge is 0.481 e. The maximum Gasteiger partial charge on any atom is 0.410 e. The fourth-order valence-corrected chi connectivity index (χ4v) is 4.17. The van der Waals surface area contributed by atoms with Crippen LogP contribution < -0.4 is 5.73 Å². The van der Waals surface area contributed by atoms with E-state index in [9.17, 15) is 9.59 Å². The smallest absolute Gasteiger partial charge is 0.410 e. The van der Waals surface area contributed by atoms with E-state index in [4.69, 9.17) is 15.6 Å². The Kier molecular flexibility index (Phi) is 8.44. The number of carboxylic acids is 1. The number of carbonyl (C=O) groups excluding carboxylic acids is 1. The summed E-state index contributed by atoms with van der Waals surface area (Å²) in [5.41, 5.74) is 8.02. The molecule has 0 spiro atoms. The first kappa shape index (κ1) is 24.3. The lowest BCUT2D eigenvalue weighted by Gasteiger charge is -2.15.